The van der Waals surface area contributed by atoms with Gasteiger partial charge in [-0.25, -0.2) is 0 Å². The molecule has 0 aromatic heterocycles. The predicted octanol–water partition coefficient (Wildman–Crippen LogP) is 2.31. The lowest BCUT2D eigenvalue weighted by atomic mass is 10.3. The summed E-state index contributed by atoms with van der Waals surface area (Å²) in [5.41, 5.74) is 0. The molecule has 0 aromatic carbocycles. The first-order valence-electron chi connectivity index (χ1n) is 5.98. The van der Waals surface area contributed by atoms with Gasteiger partial charge in [0, 0.05) is 11.8 Å². The third-order valence-electron chi connectivity index (χ3n) is 2.09. The van der Waals surface area contributed by atoms with Gasteiger partial charge in [-0.05, 0) is 52.2 Å². The Morgan fingerprint density at radius 2 is 1.80 bits per heavy atom. The van der Waals surface area contributed by atoms with E-state index in [9.17, 15) is 0 Å². The van der Waals surface area contributed by atoms with Crippen LogP contribution in [0.5, 0.6) is 0 Å². The van der Waals surface area contributed by atoms with Crippen molar-refractivity contribution in [2.75, 3.05) is 38.7 Å². The lowest BCUT2D eigenvalue weighted by Gasteiger charge is -2.15. The van der Waals surface area contributed by atoms with Gasteiger partial charge in [0.25, 0.3) is 0 Å². The van der Waals surface area contributed by atoms with Crippen LogP contribution in [-0.4, -0.2) is 49.6 Å². The second-order valence-electron chi connectivity index (χ2n) is 4.94. The number of hydrogen-bond donors (Lipinski definition) is 1. The van der Waals surface area contributed by atoms with E-state index >= 15 is 0 Å². The standard InChI is InChI=1S/C12H28N2S/c1-11(2)9-15-10-12(3)13-7-6-8-14(4)5/h11-13H,6-10H2,1-5H3. The van der Waals surface area contributed by atoms with E-state index in [0.29, 0.717) is 6.04 Å². The fourth-order valence-electron chi connectivity index (χ4n) is 1.28. The first-order chi connectivity index (χ1) is 7.02. The van der Waals surface area contributed by atoms with E-state index < -0.39 is 0 Å². The van der Waals surface area contributed by atoms with Crippen molar-refractivity contribution < 1.29 is 0 Å². The number of thioether (sulfide) groups is 1. The van der Waals surface area contributed by atoms with E-state index in [0.717, 1.165) is 12.5 Å². The monoisotopic (exact) mass is 232 g/mol. The molecule has 1 N–H and O–H groups in total. The lowest BCUT2D eigenvalue weighted by molar-refractivity contribution is 0.390. The van der Waals surface area contributed by atoms with Crippen LogP contribution >= 0.6 is 11.8 Å². The highest BCUT2D eigenvalue weighted by Gasteiger charge is 2.02. The molecule has 0 radical (unpaired) electrons. The minimum atomic E-state index is 0.649. The molecular formula is C12H28N2S. The summed E-state index contributed by atoms with van der Waals surface area (Å²) in [5.74, 6) is 3.33. The Hall–Kier alpha value is 0.270. The highest BCUT2D eigenvalue weighted by Crippen LogP contribution is 2.08. The molecule has 0 rings (SSSR count). The van der Waals surface area contributed by atoms with Crippen molar-refractivity contribution in [3.8, 4) is 0 Å². The first-order valence-corrected chi connectivity index (χ1v) is 7.13. The van der Waals surface area contributed by atoms with Crippen molar-refractivity contribution >= 4 is 11.8 Å². The quantitative estimate of drug-likeness (QED) is 0.614. The Balaban J connectivity index is 3.22. The van der Waals surface area contributed by atoms with Gasteiger partial charge in [0.1, 0.15) is 0 Å². The second-order valence-corrected chi connectivity index (χ2v) is 6.02. The van der Waals surface area contributed by atoms with Crippen LogP contribution in [0.3, 0.4) is 0 Å². The fourth-order valence-corrected chi connectivity index (χ4v) is 2.36. The summed E-state index contributed by atoms with van der Waals surface area (Å²) in [6.07, 6.45) is 1.24. The smallest absolute Gasteiger partial charge is 0.0129 e. The molecule has 15 heavy (non-hydrogen) atoms. The Morgan fingerprint density at radius 1 is 1.13 bits per heavy atom. The van der Waals surface area contributed by atoms with Crippen LogP contribution in [0.2, 0.25) is 0 Å². The van der Waals surface area contributed by atoms with E-state index in [1.165, 1.54) is 24.5 Å². The molecule has 0 aliphatic heterocycles. The van der Waals surface area contributed by atoms with Crippen molar-refractivity contribution in [2.45, 2.75) is 33.2 Å². The summed E-state index contributed by atoms with van der Waals surface area (Å²) in [6, 6.07) is 0.649. The zero-order chi connectivity index (χ0) is 11.7. The molecule has 0 fully saturated rings. The summed E-state index contributed by atoms with van der Waals surface area (Å²) in [7, 11) is 4.25. The molecule has 0 spiro atoms. The largest absolute Gasteiger partial charge is 0.313 e. The topological polar surface area (TPSA) is 15.3 Å². The molecule has 0 heterocycles. The van der Waals surface area contributed by atoms with Crippen LogP contribution in [-0.2, 0) is 0 Å². The molecule has 1 unspecified atom stereocenters. The maximum absolute atomic E-state index is 3.56. The number of rotatable bonds is 9. The highest BCUT2D eigenvalue weighted by molar-refractivity contribution is 7.99. The van der Waals surface area contributed by atoms with Crippen molar-refractivity contribution in [1.82, 2.24) is 10.2 Å². The normalized spacial score (nSPS) is 13.8. The second kappa shape index (κ2) is 9.49. The summed E-state index contributed by atoms with van der Waals surface area (Å²) in [4.78, 5) is 2.24. The Morgan fingerprint density at radius 3 is 2.33 bits per heavy atom. The van der Waals surface area contributed by atoms with Gasteiger partial charge in [0.2, 0.25) is 0 Å². The van der Waals surface area contributed by atoms with Crippen LogP contribution in [0.25, 0.3) is 0 Å². The van der Waals surface area contributed by atoms with Gasteiger partial charge in [-0.2, -0.15) is 11.8 Å². The lowest BCUT2D eigenvalue weighted by Crippen LogP contribution is -2.31. The van der Waals surface area contributed by atoms with Crippen LogP contribution in [0.15, 0.2) is 0 Å². The van der Waals surface area contributed by atoms with Gasteiger partial charge >= 0.3 is 0 Å². The maximum Gasteiger partial charge on any atom is 0.0129 e. The highest BCUT2D eigenvalue weighted by atomic mass is 32.2. The third-order valence-corrected chi connectivity index (χ3v) is 3.73. The van der Waals surface area contributed by atoms with Gasteiger partial charge in [-0.1, -0.05) is 13.8 Å². The number of nitrogens with zero attached hydrogens (tertiary/aromatic N) is 1. The van der Waals surface area contributed by atoms with E-state index in [1.54, 1.807) is 0 Å². The van der Waals surface area contributed by atoms with E-state index in [4.69, 9.17) is 0 Å². The van der Waals surface area contributed by atoms with Gasteiger partial charge in [0.05, 0.1) is 0 Å². The van der Waals surface area contributed by atoms with Gasteiger partial charge < -0.3 is 10.2 Å². The van der Waals surface area contributed by atoms with E-state index in [2.05, 4.69) is 56.8 Å². The molecule has 1 atom stereocenters. The summed E-state index contributed by atoms with van der Waals surface area (Å²) >= 11 is 2.06. The van der Waals surface area contributed by atoms with Crippen LogP contribution < -0.4 is 5.32 Å². The zero-order valence-electron chi connectivity index (χ0n) is 11.0. The van der Waals surface area contributed by atoms with Gasteiger partial charge in [0.15, 0.2) is 0 Å². The molecule has 0 aliphatic carbocycles. The number of hydrogen-bond acceptors (Lipinski definition) is 3. The molecule has 0 amide bonds. The summed E-state index contributed by atoms with van der Waals surface area (Å²) < 4.78 is 0. The Kier molecular flexibility index (Phi) is 9.66. The molecular weight excluding hydrogens is 204 g/mol. The molecule has 0 bridgehead atoms. The fraction of sp³-hybridized carbons (Fsp3) is 1.00. The molecule has 0 aromatic rings. The third kappa shape index (κ3) is 12.2. The Labute approximate surface area is 100 Å². The SMILES string of the molecule is CC(C)CSCC(C)NCCCN(C)C. The average Bonchev–Trinajstić information content (AvgIpc) is 2.11. The minimum absolute atomic E-state index is 0.649. The number of nitrogens with one attached hydrogen (secondary N) is 1. The van der Waals surface area contributed by atoms with Crippen LogP contribution in [0.4, 0.5) is 0 Å². The molecule has 3 heteroatoms. The van der Waals surface area contributed by atoms with Crippen molar-refractivity contribution in [2.24, 2.45) is 5.92 Å². The molecule has 2 nitrogen and oxygen atoms in total. The van der Waals surface area contributed by atoms with Crippen LogP contribution in [0.1, 0.15) is 27.2 Å². The Bertz CT molecular complexity index is 138. The predicted molar refractivity (Wildman–Crippen MR) is 72.8 cm³/mol. The van der Waals surface area contributed by atoms with Crippen molar-refractivity contribution in [3.63, 3.8) is 0 Å². The van der Waals surface area contributed by atoms with E-state index in [-0.39, 0.29) is 0 Å². The van der Waals surface area contributed by atoms with Gasteiger partial charge in [-0.3, -0.25) is 0 Å². The average molecular weight is 232 g/mol. The van der Waals surface area contributed by atoms with E-state index in [1.807, 2.05) is 0 Å². The minimum Gasteiger partial charge on any atom is -0.313 e. The van der Waals surface area contributed by atoms with Gasteiger partial charge in [-0.15, -0.1) is 0 Å². The molecule has 0 aliphatic rings. The first kappa shape index (κ1) is 15.3. The molecule has 0 saturated carbocycles. The zero-order valence-corrected chi connectivity index (χ0v) is 11.9. The van der Waals surface area contributed by atoms with Crippen LogP contribution in [0, 0.1) is 5.92 Å². The maximum atomic E-state index is 3.56. The van der Waals surface area contributed by atoms with Crippen molar-refractivity contribution in [1.29, 1.82) is 0 Å². The molecule has 92 valence electrons. The molecule has 0 saturated heterocycles. The summed E-state index contributed by atoms with van der Waals surface area (Å²) in [6.45, 7) is 9.16. The van der Waals surface area contributed by atoms with Crippen molar-refractivity contribution in [3.05, 3.63) is 0 Å². The summed E-state index contributed by atoms with van der Waals surface area (Å²) in [5, 5.41) is 3.56.